The molecule has 9 heteroatoms. The Hall–Kier alpha value is -1.90. The quantitative estimate of drug-likeness (QED) is 0.796. The number of carboxylic acids is 1. The van der Waals surface area contributed by atoms with Crippen LogP contribution in [0.15, 0.2) is 29.2 Å². The molecule has 1 aromatic carbocycles. The van der Waals surface area contributed by atoms with Gasteiger partial charge in [0.2, 0.25) is 10.0 Å². The van der Waals surface area contributed by atoms with Gasteiger partial charge in [-0.25, -0.2) is 17.9 Å². The van der Waals surface area contributed by atoms with Crippen molar-refractivity contribution in [3.63, 3.8) is 0 Å². The van der Waals surface area contributed by atoms with Crippen LogP contribution in [0.3, 0.4) is 0 Å². The summed E-state index contributed by atoms with van der Waals surface area (Å²) in [6, 6.07) is 6.33. The zero-order valence-electron chi connectivity index (χ0n) is 14.3. The maximum atomic E-state index is 12.9. The lowest BCUT2D eigenvalue weighted by atomic mass is 9.97. The van der Waals surface area contributed by atoms with Crippen LogP contribution in [0, 0.1) is 12.8 Å². The lowest BCUT2D eigenvalue weighted by Gasteiger charge is -2.23. The number of benzene rings is 1. The Morgan fingerprint density at radius 2 is 1.92 bits per heavy atom. The summed E-state index contributed by atoms with van der Waals surface area (Å²) in [5.74, 6) is -1.47. The van der Waals surface area contributed by atoms with E-state index in [1.807, 2.05) is 13.8 Å². The largest absolute Gasteiger partial charge is 0.476 e. The van der Waals surface area contributed by atoms with Crippen molar-refractivity contribution in [2.45, 2.75) is 31.7 Å². The van der Waals surface area contributed by atoms with Gasteiger partial charge in [-0.1, -0.05) is 43.6 Å². The van der Waals surface area contributed by atoms with Crippen LogP contribution in [0.25, 0.3) is 0 Å². The smallest absolute Gasteiger partial charge is 0.355 e. The molecule has 0 spiro atoms. The fourth-order valence-corrected chi connectivity index (χ4v) is 4.72. The Balaban J connectivity index is 2.54. The number of nitrogens with one attached hydrogen (secondary N) is 1. The third kappa shape index (κ3) is 3.86. The molecule has 1 heterocycles. The van der Waals surface area contributed by atoms with Gasteiger partial charge >= 0.3 is 5.97 Å². The van der Waals surface area contributed by atoms with Gasteiger partial charge in [-0.2, -0.15) is 5.10 Å². The van der Waals surface area contributed by atoms with Crippen LogP contribution < -0.4 is 4.72 Å². The zero-order valence-corrected chi connectivity index (χ0v) is 15.9. The number of sulfonamides is 1. The van der Waals surface area contributed by atoms with Gasteiger partial charge < -0.3 is 5.11 Å². The van der Waals surface area contributed by atoms with Gasteiger partial charge in [0, 0.05) is 12.1 Å². The summed E-state index contributed by atoms with van der Waals surface area (Å²) < 4.78 is 29.5. The van der Waals surface area contributed by atoms with E-state index in [1.165, 1.54) is 14.0 Å². The number of aromatic nitrogens is 2. The van der Waals surface area contributed by atoms with Crippen LogP contribution in [-0.2, 0) is 17.1 Å². The lowest BCUT2D eigenvalue weighted by Crippen LogP contribution is -2.33. The van der Waals surface area contributed by atoms with Crippen molar-refractivity contribution in [3.8, 4) is 0 Å². The van der Waals surface area contributed by atoms with E-state index in [4.69, 9.17) is 11.6 Å². The number of nitrogens with zero attached hydrogens (tertiary/aromatic N) is 2. The maximum Gasteiger partial charge on any atom is 0.355 e. The standard InChI is InChI=1S/C16H20ClN3O4S/c1-9(2)13(11-7-5-6-8-12(11)17)19-25(23,24)15-10(3)18-20(4)14(15)16(21)22/h5-9,13,19H,1-4H3,(H,21,22). The van der Waals surface area contributed by atoms with Gasteiger partial charge in [0.15, 0.2) is 5.69 Å². The second-order valence-electron chi connectivity index (χ2n) is 6.06. The van der Waals surface area contributed by atoms with Gasteiger partial charge in [-0.3, -0.25) is 4.68 Å². The Labute approximate surface area is 151 Å². The van der Waals surface area contributed by atoms with E-state index in [9.17, 15) is 18.3 Å². The second-order valence-corrected chi connectivity index (χ2v) is 8.11. The molecule has 0 amide bonds. The highest BCUT2D eigenvalue weighted by Gasteiger charge is 2.33. The third-order valence-electron chi connectivity index (χ3n) is 3.83. The van der Waals surface area contributed by atoms with Crippen LogP contribution in [0.4, 0.5) is 0 Å². The van der Waals surface area contributed by atoms with Crippen LogP contribution in [0.1, 0.15) is 41.6 Å². The van der Waals surface area contributed by atoms with Gasteiger partial charge in [-0.15, -0.1) is 0 Å². The molecular weight excluding hydrogens is 366 g/mol. The van der Waals surface area contributed by atoms with Crippen molar-refractivity contribution in [3.05, 3.63) is 46.2 Å². The maximum absolute atomic E-state index is 12.9. The minimum atomic E-state index is -4.13. The van der Waals surface area contributed by atoms with Crippen molar-refractivity contribution in [2.75, 3.05) is 0 Å². The summed E-state index contributed by atoms with van der Waals surface area (Å²) in [6.07, 6.45) is 0. The van der Waals surface area contributed by atoms with Crippen molar-refractivity contribution in [2.24, 2.45) is 13.0 Å². The number of aromatic carboxylic acids is 1. The Morgan fingerprint density at radius 1 is 1.32 bits per heavy atom. The summed E-state index contributed by atoms with van der Waals surface area (Å²) in [6.45, 7) is 5.16. The molecule has 136 valence electrons. The van der Waals surface area contributed by atoms with E-state index in [-0.39, 0.29) is 22.2 Å². The highest BCUT2D eigenvalue weighted by atomic mass is 35.5. The molecule has 2 N–H and O–H groups in total. The molecule has 1 unspecified atom stereocenters. The topological polar surface area (TPSA) is 101 Å². The van der Waals surface area contributed by atoms with Crippen LogP contribution in [0.2, 0.25) is 5.02 Å². The summed E-state index contributed by atoms with van der Waals surface area (Å²) in [5, 5.41) is 13.7. The van der Waals surface area contributed by atoms with Crippen LogP contribution in [0.5, 0.6) is 0 Å². The number of rotatable bonds is 6. The minimum Gasteiger partial charge on any atom is -0.476 e. The van der Waals surface area contributed by atoms with Crippen LogP contribution >= 0.6 is 11.6 Å². The van der Waals surface area contributed by atoms with E-state index in [0.29, 0.717) is 10.6 Å². The molecule has 2 aromatic rings. The first-order valence-corrected chi connectivity index (χ1v) is 9.46. The average molecular weight is 386 g/mol. The molecule has 0 fully saturated rings. The molecule has 1 atom stereocenters. The first-order valence-electron chi connectivity index (χ1n) is 7.60. The average Bonchev–Trinajstić information content (AvgIpc) is 2.81. The summed E-state index contributed by atoms with van der Waals surface area (Å²) in [5.41, 5.74) is 0.363. The SMILES string of the molecule is Cc1nn(C)c(C(=O)O)c1S(=O)(=O)NC(c1ccccc1Cl)C(C)C. The Morgan fingerprint density at radius 3 is 2.44 bits per heavy atom. The molecule has 0 aliphatic carbocycles. The van der Waals surface area contributed by atoms with Crippen molar-refractivity contribution < 1.29 is 18.3 Å². The lowest BCUT2D eigenvalue weighted by molar-refractivity contribution is 0.0680. The van der Waals surface area contributed by atoms with Crippen molar-refractivity contribution in [1.82, 2.24) is 14.5 Å². The fourth-order valence-electron chi connectivity index (χ4n) is 2.71. The normalized spacial score (nSPS) is 13.2. The summed E-state index contributed by atoms with van der Waals surface area (Å²) >= 11 is 6.21. The minimum absolute atomic E-state index is 0.111. The van der Waals surface area contributed by atoms with E-state index in [0.717, 1.165) is 4.68 Å². The number of hydrogen-bond donors (Lipinski definition) is 2. The van der Waals surface area contributed by atoms with Crippen molar-refractivity contribution in [1.29, 1.82) is 0 Å². The van der Waals surface area contributed by atoms with Gasteiger partial charge in [-0.05, 0) is 24.5 Å². The Kier molecular flexibility index (Phi) is 5.55. The molecule has 0 radical (unpaired) electrons. The van der Waals surface area contributed by atoms with Crippen molar-refractivity contribution >= 4 is 27.6 Å². The second kappa shape index (κ2) is 7.15. The molecule has 1 aromatic heterocycles. The molecular formula is C16H20ClN3O4S. The van der Waals surface area contributed by atoms with E-state index in [2.05, 4.69) is 9.82 Å². The third-order valence-corrected chi connectivity index (χ3v) is 5.76. The van der Waals surface area contributed by atoms with Gasteiger partial charge in [0.25, 0.3) is 0 Å². The molecule has 0 aliphatic rings. The number of carbonyl (C=O) groups is 1. The zero-order chi connectivity index (χ0) is 18.9. The van der Waals surface area contributed by atoms with Gasteiger partial charge in [0.05, 0.1) is 11.7 Å². The Bertz CT molecular complexity index is 906. The first kappa shape index (κ1) is 19.4. The molecule has 7 nitrogen and oxygen atoms in total. The summed E-state index contributed by atoms with van der Waals surface area (Å²) in [4.78, 5) is 11.1. The molecule has 0 saturated carbocycles. The molecule has 0 aliphatic heterocycles. The molecule has 0 bridgehead atoms. The number of aryl methyl sites for hydroxylation is 2. The predicted molar refractivity (Wildman–Crippen MR) is 94.3 cm³/mol. The number of carboxylic acid groups (broad SMARTS) is 1. The highest BCUT2D eigenvalue weighted by Crippen LogP contribution is 2.30. The summed E-state index contributed by atoms with van der Waals surface area (Å²) in [7, 11) is -2.74. The van der Waals surface area contributed by atoms with E-state index in [1.54, 1.807) is 24.3 Å². The fraction of sp³-hybridized carbons (Fsp3) is 0.375. The number of hydrogen-bond acceptors (Lipinski definition) is 4. The van der Waals surface area contributed by atoms with Crippen LogP contribution in [-0.4, -0.2) is 29.3 Å². The van der Waals surface area contributed by atoms with E-state index < -0.39 is 22.0 Å². The first-order chi connectivity index (χ1) is 11.6. The molecule has 2 rings (SSSR count). The van der Waals surface area contributed by atoms with Gasteiger partial charge in [0.1, 0.15) is 4.90 Å². The monoisotopic (exact) mass is 385 g/mol. The predicted octanol–water partition coefficient (Wildman–Crippen LogP) is 2.76. The highest BCUT2D eigenvalue weighted by molar-refractivity contribution is 7.89. The molecule has 0 saturated heterocycles. The molecule has 25 heavy (non-hydrogen) atoms. The van der Waals surface area contributed by atoms with E-state index >= 15 is 0 Å². The number of halogens is 1.